The highest BCUT2D eigenvalue weighted by Crippen LogP contribution is 2.32. The molecule has 1 aromatic rings. The number of ether oxygens (including phenoxy) is 1. The molecule has 2 aliphatic rings. The van der Waals surface area contributed by atoms with Crippen molar-refractivity contribution in [3.63, 3.8) is 0 Å². The molecule has 0 spiro atoms. The number of hydrogen-bond donors (Lipinski definition) is 1. The van der Waals surface area contributed by atoms with Crippen LogP contribution in [-0.4, -0.2) is 42.8 Å². The van der Waals surface area contributed by atoms with E-state index in [9.17, 15) is 4.79 Å². The molecule has 1 heterocycles. The fourth-order valence-corrected chi connectivity index (χ4v) is 2.90. The van der Waals surface area contributed by atoms with Crippen molar-refractivity contribution in [1.82, 2.24) is 10.2 Å². The van der Waals surface area contributed by atoms with Gasteiger partial charge in [0.05, 0.1) is 12.7 Å². The van der Waals surface area contributed by atoms with E-state index in [1.807, 2.05) is 23.1 Å². The fourth-order valence-electron chi connectivity index (χ4n) is 2.90. The Morgan fingerprint density at radius 3 is 2.86 bits per heavy atom. The molecule has 0 bridgehead atoms. The Morgan fingerprint density at radius 1 is 1.38 bits per heavy atom. The summed E-state index contributed by atoms with van der Waals surface area (Å²) in [6.45, 7) is 4.10. The average Bonchev–Trinajstić information content (AvgIpc) is 3.33. The van der Waals surface area contributed by atoms with Crippen molar-refractivity contribution in [3.8, 4) is 0 Å². The van der Waals surface area contributed by atoms with E-state index in [4.69, 9.17) is 4.74 Å². The Bertz CT molecular complexity index is 473. The number of nitrogens with one attached hydrogen (secondary N) is 1. The van der Waals surface area contributed by atoms with Crippen molar-refractivity contribution in [3.05, 3.63) is 35.9 Å². The predicted molar refractivity (Wildman–Crippen MR) is 82.2 cm³/mol. The van der Waals surface area contributed by atoms with E-state index in [-0.39, 0.29) is 12.1 Å². The first-order valence-corrected chi connectivity index (χ1v) is 7.93. The lowest BCUT2D eigenvalue weighted by Crippen LogP contribution is -2.52. The summed E-state index contributed by atoms with van der Waals surface area (Å²) >= 11 is 0. The number of amides is 2. The lowest BCUT2D eigenvalue weighted by Gasteiger charge is -2.34. The number of benzene rings is 1. The van der Waals surface area contributed by atoms with E-state index < -0.39 is 0 Å². The summed E-state index contributed by atoms with van der Waals surface area (Å²) in [7, 11) is 0. The molecule has 4 nitrogen and oxygen atoms in total. The number of morpholine rings is 1. The lowest BCUT2D eigenvalue weighted by molar-refractivity contribution is -0.0136. The Hall–Kier alpha value is -1.55. The molecule has 2 fully saturated rings. The molecule has 1 N–H and O–H groups in total. The van der Waals surface area contributed by atoms with Crippen molar-refractivity contribution in [2.45, 2.75) is 38.3 Å². The molecule has 1 aromatic carbocycles. The van der Waals surface area contributed by atoms with Gasteiger partial charge in [-0.1, -0.05) is 30.3 Å². The summed E-state index contributed by atoms with van der Waals surface area (Å²) in [5.74, 6) is 0.690. The van der Waals surface area contributed by atoms with Gasteiger partial charge in [-0.3, -0.25) is 0 Å². The van der Waals surface area contributed by atoms with Crippen LogP contribution >= 0.6 is 0 Å². The van der Waals surface area contributed by atoms with E-state index in [1.165, 1.54) is 18.4 Å². The number of urea groups is 1. The molecule has 2 atom stereocenters. The molecule has 0 unspecified atom stereocenters. The minimum Gasteiger partial charge on any atom is -0.374 e. The molecule has 21 heavy (non-hydrogen) atoms. The number of carbonyl (C=O) groups excluding carboxylic acids is 1. The molecular formula is C17H24N2O2. The van der Waals surface area contributed by atoms with Crippen LogP contribution in [0.15, 0.2) is 30.3 Å². The zero-order chi connectivity index (χ0) is 14.7. The summed E-state index contributed by atoms with van der Waals surface area (Å²) in [6, 6.07) is 10.7. The van der Waals surface area contributed by atoms with Crippen molar-refractivity contribution in [2.24, 2.45) is 5.92 Å². The maximum Gasteiger partial charge on any atom is 0.317 e. The molecule has 1 aliphatic heterocycles. The molecule has 114 valence electrons. The summed E-state index contributed by atoms with van der Waals surface area (Å²) in [5.41, 5.74) is 1.26. The highest BCUT2D eigenvalue weighted by Gasteiger charge is 2.31. The van der Waals surface area contributed by atoms with Gasteiger partial charge >= 0.3 is 6.03 Å². The van der Waals surface area contributed by atoms with Gasteiger partial charge in [0.1, 0.15) is 0 Å². The van der Waals surface area contributed by atoms with Gasteiger partial charge in [-0.25, -0.2) is 4.79 Å². The number of carbonyl (C=O) groups is 1. The fraction of sp³-hybridized carbons (Fsp3) is 0.588. The first-order chi connectivity index (χ1) is 10.2. The Labute approximate surface area is 126 Å². The first-order valence-electron chi connectivity index (χ1n) is 7.93. The van der Waals surface area contributed by atoms with Gasteiger partial charge < -0.3 is 15.0 Å². The van der Waals surface area contributed by atoms with Crippen molar-refractivity contribution >= 4 is 6.03 Å². The standard InChI is InChI=1S/C17H24N2O2/c1-13(15-7-8-15)18-17(20)19-9-10-21-16(12-19)11-14-5-3-2-4-6-14/h2-6,13,15-16H,7-12H2,1H3,(H,18,20)/t13-,16-/m0/s1. The number of nitrogens with zero attached hydrogens (tertiary/aromatic N) is 1. The van der Waals surface area contributed by atoms with Crippen LogP contribution in [0.5, 0.6) is 0 Å². The molecule has 2 amide bonds. The van der Waals surface area contributed by atoms with Gasteiger partial charge in [0.2, 0.25) is 0 Å². The van der Waals surface area contributed by atoms with Crippen LogP contribution in [0.3, 0.4) is 0 Å². The Morgan fingerprint density at radius 2 is 2.14 bits per heavy atom. The van der Waals surface area contributed by atoms with Crippen LogP contribution in [0, 0.1) is 5.92 Å². The highest BCUT2D eigenvalue weighted by atomic mass is 16.5. The third-order valence-corrected chi connectivity index (χ3v) is 4.41. The monoisotopic (exact) mass is 288 g/mol. The largest absolute Gasteiger partial charge is 0.374 e. The van der Waals surface area contributed by atoms with E-state index >= 15 is 0 Å². The first kappa shape index (κ1) is 14.4. The number of hydrogen-bond acceptors (Lipinski definition) is 2. The summed E-state index contributed by atoms with van der Waals surface area (Å²) in [5, 5.41) is 3.13. The van der Waals surface area contributed by atoms with E-state index in [2.05, 4.69) is 24.4 Å². The van der Waals surface area contributed by atoms with E-state index in [0.717, 1.165) is 6.42 Å². The van der Waals surface area contributed by atoms with E-state index in [0.29, 0.717) is 31.7 Å². The zero-order valence-corrected chi connectivity index (χ0v) is 12.6. The van der Waals surface area contributed by atoms with Crippen LogP contribution in [0.4, 0.5) is 4.79 Å². The van der Waals surface area contributed by atoms with Gasteiger partial charge in [0.25, 0.3) is 0 Å². The minimum absolute atomic E-state index is 0.0655. The molecule has 0 aromatic heterocycles. The minimum atomic E-state index is 0.0655. The molecule has 1 saturated heterocycles. The van der Waals surface area contributed by atoms with Gasteiger partial charge in [-0.15, -0.1) is 0 Å². The summed E-state index contributed by atoms with van der Waals surface area (Å²) < 4.78 is 5.81. The van der Waals surface area contributed by atoms with Crippen LogP contribution in [0.25, 0.3) is 0 Å². The second-order valence-corrected chi connectivity index (χ2v) is 6.20. The highest BCUT2D eigenvalue weighted by molar-refractivity contribution is 5.74. The van der Waals surface area contributed by atoms with Crippen LogP contribution in [0.2, 0.25) is 0 Å². The second kappa shape index (κ2) is 6.48. The summed E-state index contributed by atoms with van der Waals surface area (Å²) in [6.07, 6.45) is 3.47. The van der Waals surface area contributed by atoms with Crippen LogP contribution < -0.4 is 5.32 Å². The van der Waals surface area contributed by atoms with Crippen molar-refractivity contribution in [2.75, 3.05) is 19.7 Å². The average molecular weight is 288 g/mol. The zero-order valence-electron chi connectivity index (χ0n) is 12.6. The lowest BCUT2D eigenvalue weighted by atomic mass is 10.1. The SMILES string of the molecule is C[C@H](NC(=O)N1CCO[C@@H](Cc2ccccc2)C1)C1CC1. The predicted octanol–water partition coefficient (Wildman–Crippen LogP) is 2.44. The molecule has 3 rings (SSSR count). The van der Waals surface area contributed by atoms with Gasteiger partial charge in [0.15, 0.2) is 0 Å². The Balaban J connectivity index is 1.51. The van der Waals surface area contributed by atoms with Gasteiger partial charge in [0, 0.05) is 25.6 Å². The maximum absolute atomic E-state index is 12.3. The smallest absolute Gasteiger partial charge is 0.317 e. The topological polar surface area (TPSA) is 41.6 Å². The second-order valence-electron chi connectivity index (χ2n) is 6.20. The van der Waals surface area contributed by atoms with Gasteiger partial charge in [-0.2, -0.15) is 0 Å². The maximum atomic E-state index is 12.3. The number of rotatable bonds is 4. The summed E-state index contributed by atoms with van der Waals surface area (Å²) in [4.78, 5) is 14.2. The molecular weight excluding hydrogens is 264 g/mol. The molecule has 0 radical (unpaired) electrons. The van der Waals surface area contributed by atoms with Crippen LogP contribution in [-0.2, 0) is 11.2 Å². The van der Waals surface area contributed by atoms with Crippen molar-refractivity contribution in [1.29, 1.82) is 0 Å². The molecule has 1 saturated carbocycles. The van der Waals surface area contributed by atoms with Crippen LogP contribution in [0.1, 0.15) is 25.3 Å². The van der Waals surface area contributed by atoms with Crippen molar-refractivity contribution < 1.29 is 9.53 Å². The normalized spacial score (nSPS) is 23.7. The molecule has 4 heteroatoms. The third kappa shape index (κ3) is 3.97. The van der Waals surface area contributed by atoms with E-state index in [1.54, 1.807) is 0 Å². The Kier molecular flexibility index (Phi) is 4.44. The van der Waals surface area contributed by atoms with Gasteiger partial charge in [-0.05, 0) is 31.2 Å². The third-order valence-electron chi connectivity index (χ3n) is 4.41. The molecule has 1 aliphatic carbocycles. The quantitative estimate of drug-likeness (QED) is 0.924.